The lowest BCUT2D eigenvalue weighted by Gasteiger charge is -2.11. The van der Waals surface area contributed by atoms with E-state index in [0.29, 0.717) is 22.5 Å². The molecule has 1 atom stereocenters. The molecule has 0 aliphatic carbocycles. The normalized spacial score (nSPS) is 16.6. The number of rotatable bonds is 4. The van der Waals surface area contributed by atoms with Crippen LogP contribution in [0, 0.1) is 0 Å². The lowest BCUT2D eigenvalue weighted by Crippen LogP contribution is -2.13. The van der Waals surface area contributed by atoms with E-state index in [-0.39, 0.29) is 4.90 Å². The molecule has 0 saturated heterocycles. The number of fused-ring (bicyclic) bond motifs is 1. The Bertz CT molecular complexity index is 852. The maximum absolute atomic E-state index is 12.5. The Labute approximate surface area is 140 Å². The lowest BCUT2D eigenvalue weighted by molar-refractivity contribution is 0.415. The molecule has 1 heterocycles. The van der Waals surface area contributed by atoms with E-state index >= 15 is 0 Å². The zero-order valence-electron chi connectivity index (χ0n) is 12.8. The van der Waals surface area contributed by atoms with E-state index in [4.69, 9.17) is 16.3 Å². The van der Waals surface area contributed by atoms with Gasteiger partial charge in [0.05, 0.1) is 22.7 Å². The second-order valence-corrected chi connectivity index (χ2v) is 7.61. The Morgan fingerprint density at radius 3 is 2.74 bits per heavy atom. The summed E-state index contributed by atoms with van der Waals surface area (Å²) in [6, 6.07) is 10.2. The fraction of sp³-hybridized carbons (Fsp3) is 0.250. The number of benzene rings is 2. The van der Waals surface area contributed by atoms with Crippen LogP contribution in [-0.4, -0.2) is 21.6 Å². The highest BCUT2D eigenvalue weighted by Gasteiger charge is 2.21. The Kier molecular flexibility index (Phi) is 4.12. The summed E-state index contributed by atoms with van der Waals surface area (Å²) in [6.45, 7) is 2.06. The molecule has 0 spiro atoms. The SMILES string of the molecule is COc1ccc(NS(=O)(=O)c2ccc3c(c2)CC(C)N3)cc1Cl. The van der Waals surface area contributed by atoms with Crippen LogP contribution in [0.15, 0.2) is 41.3 Å². The number of nitrogens with one attached hydrogen (secondary N) is 2. The first-order valence-electron chi connectivity index (χ1n) is 7.15. The van der Waals surface area contributed by atoms with E-state index in [0.717, 1.165) is 17.7 Å². The Balaban J connectivity index is 1.88. The lowest BCUT2D eigenvalue weighted by atomic mass is 10.1. The van der Waals surface area contributed by atoms with Gasteiger partial charge in [-0.25, -0.2) is 8.42 Å². The van der Waals surface area contributed by atoms with Crippen molar-refractivity contribution in [1.29, 1.82) is 0 Å². The number of sulfonamides is 1. The van der Waals surface area contributed by atoms with Crippen molar-refractivity contribution in [3.8, 4) is 5.75 Å². The molecule has 7 heteroatoms. The van der Waals surface area contributed by atoms with Crippen LogP contribution in [-0.2, 0) is 16.4 Å². The Hall–Kier alpha value is -1.92. The predicted molar refractivity (Wildman–Crippen MR) is 92.0 cm³/mol. The van der Waals surface area contributed by atoms with Gasteiger partial charge in [-0.1, -0.05) is 11.6 Å². The molecule has 2 N–H and O–H groups in total. The molecule has 1 aliphatic heterocycles. The van der Waals surface area contributed by atoms with Crippen molar-refractivity contribution in [2.24, 2.45) is 0 Å². The molecule has 122 valence electrons. The van der Waals surface area contributed by atoms with Crippen molar-refractivity contribution in [1.82, 2.24) is 0 Å². The molecule has 2 aromatic rings. The monoisotopic (exact) mass is 352 g/mol. The number of hydrogen-bond donors (Lipinski definition) is 2. The zero-order chi connectivity index (χ0) is 16.6. The van der Waals surface area contributed by atoms with E-state index in [1.165, 1.54) is 13.2 Å². The average molecular weight is 353 g/mol. The van der Waals surface area contributed by atoms with Crippen LogP contribution in [0.1, 0.15) is 12.5 Å². The van der Waals surface area contributed by atoms with Gasteiger partial charge in [0.2, 0.25) is 0 Å². The maximum Gasteiger partial charge on any atom is 0.261 e. The van der Waals surface area contributed by atoms with Gasteiger partial charge in [-0.05, 0) is 55.3 Å². The molecular formula is C16H17ClN2O3S. The maximum atomic E-state index is 12.5. The molecule has 5 nitrogen and oxygen atoms in total. The fourth-order valence-electron chi connectivity index (χ4n) is 2.64. The number of halogens is 1. The number of methoxy groups -OCH3 is 1. The summed E-state index contributed by atoms with van der Waals surface area (Å²) in [5.74, 6) is 0.493. The van der Waals surface area contributed by atoms with Crippen molar-refractivity contribution in [2.75, 3.05) is 17.1 Å². The van der Waals surface area contributed by atoms with Crippen LogP contribution >= 0.6 is 11.6 Å². The molecule has 0 bridgehead atoms. The van der Waals surface area contributed by atoms with Crippen LogP contribution < -0.4 is 14.8 Å². The molecule has 23 heavy (non-hydrogen) atoms. The molecule has 0 saturated carbocycles. The van der Waals surface area contributed by atoms with Crippen LogP contribution in [0.25, 0.3) is 0 Å². The molecule has 0 aromatic heterocycles. The summed E-state index contributed by atoms with van der Waals surface area (Å²) < 4.78 is 32.7. The van der Waals surface area contributed by atoms with Gasteiger partial charge in [0.1, 0.15) is 5.75 Å². The van der Waals surface area contributed by atoms with E-state index in [1.54, 1.807) is 30.3 Å². The second-order valence-electron chi connectivity index (χ2n) is 5.52. The summed E-state index contributed by atoms with van der Waals surface area (Å²) in [4.78, 5) is 0.235. The molecule has 0 amide bonds. The van der Waals surface area contributed by atoms with E-state index in [1.807, 2.05) is 0 Å². The topological polar surface area (TPSA) is 67.4 Å². The molecule has 1 unspecified atom stereocenters. The standard InChI is InChI=1S/C16H17ClN2O3S/c1-10-7-11-8-13(4-5-15(11)18-10)23(20,21)19-12-3-6-16(22-2)14(17)9-12/h3-6,8-10,18-19H,7H2,1-2H3. The third-order valence-electron chi connectivity index (χ3n) is 3.72. The first kappa shape index (κ1) is 16.0. The molecular weight excluding hydrogens is 336 g/mol. The van der Waals surface area contributed by atoms with Crippen molar-refractivity contribution < 1.29 is 13.2 Å². The van der Waals surface area contributed by atoms with E-state index < -0.39 is 10.0 Å². The van der Waals surface area contributed by atoms with E-state index in [9.17, 15) is 8.42 Å². The van der Waals surface area contributed by atoms with Gasteiger partial charge in [0, 0.05) is 11.7 Å². The number of ether oxygens (including phenoxy) is 1. The third-order valence-corrected chi connectivity index (χ3v) is 5.39. The van der Waals surface area contributed by atoms with Crippen LogP contribution in [0.2, 0.25) is 5.02 Å². The summed E-state index contributed by atoms with van der Waals surface area (Å²) in [5, 5.41) is 3.65. The molecule has 0 fully saturated rings. The molecule has 3 rings (SSSR count). The first-order valence-corrected chi connectivity index (χ1v) is 9.01. The Morgan fingerprint density at radius 1 is 1.26 bits per heavy atom. The zero-order valence-corrected chi connectivity index (χ0v) is 14.3. The Morgan fingerprint density at radius 2 is 2.04 bits per heavy atom. The minimum atomic E-state index is -3.67. The van der Waals surface area contributed by atoms with Gasteiger partial charge in [-0.15, -0.1) is 0 Å². The minimum absolute atomic E-state index is 0.235. The van der Waals surface area contributed by atoms with Crippen molar-refractivity contribution in [2.45, 2.75) is 24.3 Å². The number of hydrogen-bond acceptors (Lipinski definition) is 4. The highest BCUT2D eigenvalue weighted by molar-refractivity contribution is 7.92. The van der Waals surface area contributed by atoms with Crippen LogP contribution in [0.5, 0.6) is 5.75 Å². The van der Waals surface area contributed by atoms with Crippen molar-refractivity contribution in [3.63, 3.8) is 0 Å². The highest BCUT2D eigenvalue weighted by Crippen LogP contribution is 2.31. The van der Waals surface area contributed by atoms with Gasteiger partial charge in [-0.3, -0.25) is 4.72 Å². The van der Waals surface area contributed by atoms with Gasteiger partial charge in [0.25, 0.3) is 10.0 Å². The molecule has 0 radical (unpaired) electrons. The summed E-state index contributed by atoms with van der Waals surface area (Å²) in [5.41, 5.74) is 2.39. The number of anilines is 2. The summed E-state index contributed by atoms with van der Waals surface area (Å²) in [6.07, 6.45) is 0.813. The predicted octanol–water partition coefficient (Wildman–Crippen LogP) is 3.51. The van der Waals surface area contributed by atoms with Gasteiger partial charge in [0.15, 0.2) is 0 Å². The quantitative estimate of drug-likeness (QED) is 0.883. The average Bonchev–Trinajstić information content (AvgIpc) is 2.86. The van der Waals surface area contributed by atoms with Crippen molar-refractivity contribution in [3.05, 3.63) is 47.0 Å². The summed E-state index contributed by atoms with van der Waals surface area (Å²) in [7, 11) is -2.16. The van der Waals surface area contributed by atoms with E-state index in [2.05, 4.69) is 17.0 Å². The second kappa shape index (κ2) is 5.94. The molecule has 2 aromatic carbocycles. The van der Waals surface area contributed by atoms with Crippen LogP contribution in [0.4, 0.5) is 11.4 Å². The minimum Gasteiger partial charge on any atom is -0.495 e. The molecule has 1 aliphatic rings. The largest absolute Gasteiger partial charge is 0.495 e. The van der Waals surface area contributed by atoms with Crippen LogP contribution in [0.3, 0.4) is 0 Å². The fourth-order valence-corrected chi connectivity index (χ4v) is 3.99. The highest BCUT2D eigenvalue weighted by atomic mass is 35.5. The van der Waals surface area contributed by atoms with Gasteiger partial charge in [-0.2, -0.15) is 0 Å². The third kappa shape index (κ3) is 3.23. The van der Waals surface area contributed by atoms with Gasteiger partial charge >= 0.3 is 0 Å². The van der Waals surface area contributed by atoms with Gasteiger partial charge < -0.3 is 10.1 Å². The summed E-state index contributed by atoms with van der Waals surface area (Å²) >= 11 is 6.03. The van der Waals surface area contributed by atoms with Crippen molar-refractivity contribution >= 4 is 33.0 Å². The first-order chi connectivity index (χ1) is 10.9. The smallest absolute Gasteiger partial charge is 0.261 e.